The van der Waals surface area contributed by atoms with Crippen molar-refractivity contribution in [3.05, 3.63) is 35.5 Å². The van der Waals surface area contributed by atoms with Crippen LogP contribution in [0, 0.1) is 6.92 Å². The third kappa shape index (κ3) is 3.09. The molecule has 5 heteroatoms. The van der Waals surface area contributed by atoms with Gasteiger partial charge in [0.1, 0.15) is 5.69 Å². The molecule has 0 spiro atoms. The second-order valence-corrected chi connectivity index (χ2v) is 5.38. The highest BCUT2D eigenvalue weighted by Gasteiger charge is 2.15. The molecular formula is C16H21N3O2. The van der Waals surface area contributed by atoms with Crippen molar-refractivity contribution in [2.45, 2.75) is 6.92 Å². The summed E-state index contributed by atoms with van der Waals surface area (Å²) in [6.07, 6.45) is 0. The number of nitrogens with one attached hydrogen (secondary N) is 2. The third-order valence-corrected chi connectivity index (χ3v) is 4.01. The van der Waals surface area contributed by atoms with E-state index in [1.165, 1.54) is 0 Å². The van der Waals surface area contributed by atoms with Crippen LogP contribution in [0.15, 0.2) is 24.3 Å². The molecule has 21 heavy (non-hydrogen) atoms. The Morgan fingerprint density at radius 1 is 1.33 bits per heavy atom. The molecule has 2 aromatic rings. The molecule has 2 heterocycles. The monoisotopic (exact) mass is 287 g/mol. The molecule has 1 amide bonds. The summed E-state index contributed by atoms with van der Waals surface area (Å²) < 4.78 is 5.31. The minimum Gasteiger partial charge on any atom is -0.379 e. The van der Waals surface area contributed by atoms with Crippen molar-refractivity contribution in [3.63, 3.8) is 0 Å². The zero-order chi connectivity index (χ0) is 14.7. The zero-order valence-electron chi connectivity index (χ0n) is 12.3. The predicted molar refractivity (Wildman–Crippen MR) is 82.6 cm³/mol. The van der Waals surface area contributed by atoms with Gasteiger partial charge in [-0.25, -0.2) is 0 Å². The number of rotatable bonds is 4. The second-order valence-electron chi connectivity index (χ2n) is 5.38. The van der Waals surface area contributed by atoms with Crippen LogP contribution in [0.3, 0.4) is 0 Å². The Kier molecular flexibility index (Phi) is 4.22. The number of para-hydroxylation sites is 1. The second kappa shape index (κ2) is 6.28. The number of amides is 1. The Labute approximate surface area is 124 Å². The van der Waals surface area contributed by atoms with E-state index in [1.54, 1.807) is 0 Å². The van der Waals surface area contributed by atoms with E-state index in [4.69, 9.17) is 4.74 Å². The van der Waals surface area contributed by atoms with Gasteiger partial charge in [-0.3, -0.25) is 9.69 Å². The summed E-state index contributed by atoms with van der Waals surface area (Å²) in [6, 6.07) is 7.99. The van der Waals surface area contributed by atoms with Crippen LogP contribution in [0.25, 0.3) is 10.9 Å². The Morgan fingerprint density at radius 2 is 2.10 bits per heavy atom. The number of aromatic amines is 1. The lowest BCUT2D eigenvalue weighted by molar-refractivity contribution is 0.0383. The van der Waals surface area contributed by atoms with Gasteiger partial charge in [0.2, 0.25) is 0 Å². The number of fused-ring (bicyclic) bond motifs is 1. The van der Waals surface area contributed by atoms with Crippen molar-refractivity contribution in [2.75, 3.05) is 39.4 Å². The predicted octanol–water partition coefficient (Wildman–Crippen LogP) is 1.54. The molecule has 3 rings (SSSR count). The van der Waals surface area contributed by atoms with Crippen LogP contribution >= 0.6 is 0 Å². The maximum Gasteiger partial charge on any atom is 0.268 e. The van der Waals surface area contributed by atoms with Crippen LogP contribution in [0.4, 0.5) is 0 Å². The van der Waals surface area contributed by atoms with Gasteiger partial charge in [0.05, 0.1) is 13.2 Å². The minimum absolute atomic E-state index is 0.0306. The Balaban J connectivity index is 1.60. The molecule has 0 radical (unpaired) electrons. The number of nitrogens with zero attached hydrogens (tertiary/aromatic N) is 1. The molecule has 1 saturated heterocycles. The molecule has 1 aliphatic heterocycles. The molecule has 0 bridgehead atoms. The van der Waals surface area contributed by atoms with E-state index in [1.807, 2.05) is 31.2 Å². The first-order chi connectivity index (χ1) is 10.3. The van der Waals surface area contributed by atoms with E-state index >= 15 is 0 Å². The largest absolute Gasteiger partial charge is 0.379 e. The maximum absolute atomic E-state index is 12.3. The third-order valence-electron chi connectivity index (χ3n) is 4.01. The molecule has 1 aromatic heterocycles. The van der Waals surface area contributed by atoms with Gasteiger partial charge >= 0.3 is 0 Å². The molecular weight excluding hydrogens is 266 g/mol. The molecule has 0 atom stereocenters. The van der Waals surface area contributed by atoms with Crippen LogP contribution in [0.5, 0.6) is 0 Å². The molecule has 1 aliphatic rings. The number of benzene rings is 1. The first-order valence-electron chi connectivity index (χ1n) is 7.41. The summed E-state index contributed by atoms with van der Waals surface area (Å²) in [6.45, 7) is 6.98. The lowest BCUT2D eigenvalue weighted by Crippen LogP contribution is -2.41. The van der Waals surface area contributed by atoms with Crippen molar-refractivity contribution < 1.29 is 9.53 Å². The van der Waals surface area contributed by atoms with E-state index < -0.39 is 0 Å². The normalized spacial score (nSPS) is 16.2. The zero-order valence-corrected chi connectivity index (χ0v) is 12.3. The quantitative estimate of drug-likeness (QED) is 0.897. The van der Waals surface area contributed by atoms with E-state index in [0.717, 1.165) is 49.3 Å². The molecule has 5 nitrogen and oxygen atoms in total. The summed E-state index contributed by atoms with van der Waals surface area (Å²) >= 11 is 0. The van der Waals surface area contributed by atoms with Crippen molar-refractivity contribution in [2.24, 2.45) is 0 Å². The Bertz CT molecular complexity index is 629. The number of morpholine rings is 1. The number of carbonyl (C=O) groups excluding carboxylic acids is 1. The molecule has 1 fully saturated rings. The van der Waals surface area contributed by atoms with Crippen LogP contribution in [0.1, 0.15) is 16.1 Å². The van der Waals surface area contributed by atoms with Gasteiger partial charge in [-0.15, -0.1) is 0 Å². The van der Waals surface area contributed by atoms with Crippen molar-refractivity contribution in [1.29, 1.82) is 0 Å². The fourth-order valence-electron chi connectivity index (χ4n) is 2.75. The van der Waals surface area contributed by atoms with E-state index in [-0.39, 0.29) is 5.91 Å². The van der Waals surface area contributed by atoms with Crippen molar-refractivity contribution >= 4 is 16.8 Å². The molecule has 0 unspecified atom stereocenters. The topological polar surface area (TPSA) is 57.4 Å². The lowest BCUT2D eigenvalue weighted by atomic mass is 10.1. The smallest absolute Gasteiger partial charge is 0.268 e. The number of ether oxygens (including phenoxy) is 1. The molecule has 2 N–H and O–H groups in total. The summed E-state index contributed by atoms with van der Waals surface area (Å²) in [7, 11) is 0. The van der Waals surface area contributed by atoms with Crippen LogP contribution in [-0.2, 0) is 4.74 Å². The van der Waals surface area contributed by atoms with Gasteiger partial charge in [0.25, 0.3) is 5.91 Å². The summed E-state index contributed by atoms with van der Waals surface area (Å²) in [5.74, 6) is -0.0306. The summed E-state index contributed by atoms with van der Waals surface area (Å²) in [4.78, 5) is 17.8. The van der Waals surface area contributed by atoms with Crippen LogP contribution in [0.2, 0.25) is 0 Å². The van der Waals surface area contributed by atoms with Crippen molar-refractivity contribution in [3.8, 4) is 0 Å². The van der Waals surface area contributed by atoms with Gasteiger partial charge in [-0.05, 0) is 18.6 Å². The number of hydrogen-bond donors (Lipinski definition) is 2. The highest BCUT2D eigenvalue weighted by Crippen LogP contribution is 2.20. The fraction of sp³-hybridized carbons (Fsp3) is 0.438. The minimum atomic E-state index is -0.0306. The average molecular weight is 287 g/mol. The van der Waals surface area contributed by atoms with Gasteiger partial charge in [-0.2, -0.15) is 0 Å². The number of H-pyrrole nitrogens is 1. The number of carbonyl (C=O) groups is 1. The molecule has 0 aliphatic carbocycles. The standard InChI is InChI=1S/C16H21N3O2/c1-12-13-4-2-3-5-14(13)18-15(12)16(20)17-6-7-19-8-10-21-11-9-19/h2-5,18H,6-11H2,1H3,(H,17,20). The first kappa shape index (κ1) is 14.1. The molecule has 0 saturated carbocycles. The first-order valence-corrected chi connectivity index (χ1v) is 7.41. The van der Waals surface area contributed by atoms with E-state index in [9.17, 15) is 4.79 Å². The van der Waals surface area contributed by atoms with Crippen LogP contribution in [-0.4, -0.2) is 55.2 Å². The summed E-state index contributed by atoms with van der Waals surface area (Å²) in [5, 5.41) is 4.10. The van der Waals surface area contributed by atoms with Gasteiger partial charge in [0.15, 0.2) is 0 Å². The van der Waals surface area contributed by atoms with Crippen LogP contribution < -0.4 is 5.32 Å². The Hall–Kier alpha value is -1.85. The number of hydrogen-bond acceptors (Lipinski definition) is 3. The van der Waals surface area contributed by atoms with Gasteiger partial charge in [0, 0.05) is 37.1 Å². The number of aromatic nitrogens is 1. The Morgan fingerprint density at radius 3 is 2.86 bits per heavy atom. The lowest BCUT2D eigenvalue weighted by Gasteiger charge is -2.26. The van der Waals surface area contributed by atoms with Gasteiger partial charge in [-0.1, -0.05) is 18.2 Å². The van der Waals surface area contributed by atoms with E-state index in [0.29, 0.717) is 12.2 Å². The van der Waals surface area contributed by atoms with Gasteiger partial charge < -0.3 is 15.0 Å². The fourth-order valence-corrected chi connectivity index (χ4v) is 2.75. The summed E-state index contributed by atoms with van der Waals surface area (Å²) in [5.41, 5.74) is 2.68. The van der Waals surface area contributed by atoms with E-state index in [2.05, 4.69) is 15.2 Å². The SMILES string of the molecule is Cc1c(C(=O)NCCN2CCOCC2)[nH]c2ccccc12. The number of aryl methyl sites for hydroxylation is 1. The van der Waals surface area contributed by atoms with Crippen molar-refractivity contribution in [1.82, 2.24) is 15.2 Å². The molecule has 1 aromatic carbocycles. The highest BCUT2D eigenvalue weighted by molar-refractivity contribution is 6.00. The highest BCUT2D eigenvalue weighted by atomic mass is 16.5. The maximum atomic E-state index is 12.3. The average Bonchev–Trinajstić information content (AvgIpc) is 2.86. The molecule has 112 valence electrons.